The molecule has 130 valence electrons. The SMILES string of the molecule is Cc1c2c(c(C)c3ccccc13)C(C1CCc3ccccc3C1)=CCC2. The van der Waals surface area contributed by atoms with Gasteiger partial charge in [0.05, 0.1) is 0 Å². The Hall–Kier alpha value is -2.34. The van der Waals surface area contributed by atoms with Crippen molar-refractivity contribution in [3.63, 3.8) is 0 Å². The van der Waals surface area contributed by atoms with E-state index in [0.29, 0.717) is 5.92 Å². The fourth-order valence-electron chi connectivity index (χ4n) is 5.36. The first-order valence-electron chi connectivity index (χ1n) is 10.0. The van der Waals surface area contributed by atoms with Crippen molar-refractivity contribution in [2.45, 2.75) is 46.0 Å². The zero-order chi connectivity index (χ0) is 17.7. The highest BCUT2D eigenvalue weighted by molar-refractivity contribution is 5.95. The molecular weight excluding hydrogens is 312 g/mol. The summed E-state index contributed by atoms with van der Waals surface area (Å²) in [6.07, 6.45) is 8.65. The fourth-order valence-corrected chi connectivity index (χ4v) is 5.36. The number of fused-ring (bicyclic) bond motifs is 3. The van der Waals surface area contributed by atoms with E-state index < -0.39 is 0 Å². The lowest BCUT2D eigenvalue weighted by molar-refractivity contribution is 0.564. The van der Waals surface area contributed by atoms with E-state index in [2.05, 4.69) is 68.5 Å². The predicted octanol–water partition coefficient (Wildman–Crippen LogP) is 6.59. The van der Waals surface area contributed by atoms with E-state index >= 15 is 0 Å². The van der Waals surface area contributed by atoms with Crippen LogP contribution in [0.5, 0.6) is 0 Å². The van der Waals surface area contributed by atoms with Crippen LogP contribution in [-0.4, -0.2) is 0 Å². The van der Waals surface area contributed by atoms with E-state index in [0.717, 1.165) is 0 Å². The van der Waals surface area contributed by atoms with Crippen LogP contribution in [0.3, 0.4) is 0 Å². The minimum absolute atomic E-state index is 0.670. The minimum Gasteiger partial charge on any atom is -0.0801 e. The van der Waals surface area contributed by atoms with E-state index in [1.54, 1.807) is 27.8 Å². The summed E-state index contributed by atoms with van der Waals surface area (Å²) in [6, 6.07) is 18.0. The Balaban J connectivity index is 1.65. The highest BCUT2D eigenvalue weighted by atomic mass is 14.3. The summed E-state index contributed by atoms with van der Waals surface area (Å²) in [5.41, 5.74) is 10.9. The lowest BCUT2D eigenvalue weighted by Gasteiger charge is -2.32. The van der Waals surface area contributed by atoms with Crippen molar-refractivity contribution in [1.29, 1.82) is 0 Å². The van der Waals surface area contributed by atoms with Crippen LogP contribution >= 0.6 is 0 Å². The Kier molecular flexibility index (Phi) is 3.74. The maximum Gasteiger partial charge on any atom is -0.0115 e. The highest BCUT2D eigenvalue weighted by Crippen LogP contribution is 2.43. The molecule has 26 heavy (non-hydrogen) atoms. The molecule has 0 radical (unpaired) electrons. The first-order chi connectivity index (χ1) is 12.7. The fraction of sp³-hybridized carbons (Fsp3) is 0.308. The summed E-state index contributed by atoms with van der Waals surface area (Å²) in [5.74, 6) is 0.670. The molecule has 2 aliphatic rings. The van der Waals surface area contributed by atoms with Crippen LogP contribution in [0.15, 0.2) is 54.6 Å². The van der Waals surface area contributed by atoms with E-state index in [1.165, 1.54) is 54.0 Å². The Bertz CT molecular complexity index is 1040. The van der Waals surface area contributed by atoms with E-state index in [4.69, 9.17) is 0 Å². The Morgan fingerprint density at radius 1 is 0.769 bits per heavy atom. The zero-order valence-corrected chi connectivity index (χ0v) is 15.8. The molecule has 0 aliphatic heterocycles. The molecule has 0 heteroatoms. The first-order valence-corrected chi connectivity index (χ1v) is 10.0. The van der Waals surface area contributed by atoms with Gasteiger partial charge in [-0.25, -0.2) is 0 Å². The third-order valence-corrected chi connectivity index (χ3v) is 6.70. The van der Waals surface area contributed by atoms with Gasteiger partial charge in [-0.2, -0.15) is 0 Å². The second-order valence-electron chi connectivity index (χ2n) is 8.06. The normalized spacial score (nSPS) is 19.0. The predicted molar refractivity (Wildman–Crippen MR) is 112 cm³/mol. The summed E-state index contributed by atoms with van der Waals surface area (Å²) in [6.45, 7) is 4.68. The Morgan fingerprint density at radius 2 is 1.46 bits per heavy atom. The largest absolute Gasteiger partial charge is 0.0801 e. The van der Waals surface area contributed by atoms with Crippen LogP contribution in [0.4, 0.5) is 0 Å². The second-order valence-corrected chi connectivity index (χ2v) is 8.06. The maximum atomic E-state index is 2.56. The van der Waals surface area contributed by atoms with E-state index in [1.807, 2.05) is 0 Å². The quantitative estimate of drug-likeness (QED) is 0.469. The molecule has 3 aromatic carbocycles. The minimum atomic E-state index is 0.670. The van der Waals surface area contributed by atoms with Crippen molar-refractivity contribution >= 4 is 16.3 Å². The van der Waals surface area contributed by atoms with Crippen molar-refractivity contribution in [2.24, 2.45) is 5.92 Å². The Morgan fingerprint density at radius 3 is 2.27 bits per heavy atom. The first kappa shape index (κ1) is 15.9. The molecule has 0 N–H and O–H groups in total. The standard InChI is InChI=1S/C26H26/c1-17-22-10-5-6-11-23(22)18(2)26-24(17)12-7-13-25(26)21-15-14-19-8-3-4-9-20(19)16-21/h3-6,8-11,13,21H,7,12,14-16H2,1-2H3. The van der Waals surface area contributed by atoms with Crippen molar-refractivity contribution in [2.75, 3.05) is 0 Å². The van der Waals surface area contributed by atoms with Crippen molar-refractivity contribution in [1.82, 2.24) is 0 Å². The van der Waals surface area contributed by atoms with Crippen LogP contribution in [0.2, 0.25) is 0 Å². The van der Waals surface area contributed by atoms with Gasteiger partial charge in [-0.3, -0.25) is 0 Å². The summed E-state index contributed by atoms with van der Waals surface area (Å²) in [4.78, 5) is 0. The van der Waals surface area contributed by atoms with Gasteiger partial charge >= 0.3 is 0 Å². The van der Waals surface area contributed by atoms with Gasteiger partial charge in [-0.05, 0) is 102 Å². The molecule has 0 spiro atoms. The van der Waals surface area contributed by atoms with Gasteiger partial charge in [-0.1, -0.05) is 54.6 Å². The lowest BCUT2D eigenvalue weighted by Crippen LogP contribution is -2.19. The molecule has 1 atom stereocenters. The number of benzene rings is 3. The smallest absolute Gasteiger partial charge is 0.0115 e. The van der Waals surface area contributed by atoms with E-state index in [-0.39, 0.29) is 0 Å². The molecule has 0 nitrogen and oxygen atoms in total. The zero-order valence-electron chi connectivity index (χ0n) is 15.8. The lowest BCUT2D eigenvalue weighted by atomic mass is 9.72. The van der Waals surface area contributed by atoms with Gasteiger partial charge in [0.2, 0.25) is 0 Å². The van der Waals surface area contributed by atoms with Gasteiger partial charge in [0, 0.05) is 0 Å². The monoisotopic (exact) mass is 338 g/mol. The molecule has 5 rings (SSSR count). The average Bonchev–Trinajstić information content (AvgIpc) is 2.71. The molecule has 0 fully saturated rings. The molecule has 0 saturated carbocycles. The summed E-state index contributed by atoms with van der Waals surface area (Å²) < 4.78 is 0. The van der Waals surface area contributed by atoms with Gasteiger partial charge < -0.3 is 0 Å². The molecule has 1 unspecified atom stereocenters. The molecule has 0 amide bonds. The van der Waals surface area contributed by atoms with Crippen LogP contribution in [0, 0.1) is 19.8 Å². The van der Waals surface area contributed by atoms with Crippen LogP contribution in [0.25, 0.3) is 16.3 Å². The highest BCUT2D eigenvalue weighted by Gasteiger charge is 2.28. The number of aryl methyl sites for hydroxylation is 3. The van der Waals surface area contributed by atoms with Crippen LogP contribution in [-0.2, 0) is 19.3 Å². The summed E-state index contributed by atoms with van der Waals surface area (Å²) in [7, 11) is 0. The molecule has 2 aliphatic carbocycles. The Labute approximate surface area is 156 Å². The van der Waals surface area contributed by atoms with Crippen molar-refractivity contribution in [3.05, 3.63) is 88.0 Å². The van der Waals surface area contributed by atoms with Gasteiger partial charge in [0.25, 0.3) is 0 Å². The van der Waals surface area contributed by atoms with Crippen molar-refractivity contribution in [3.8, 4) is 0 Å². The average molecular weight is 338 g/mol. The van der Waals surface area contributed by atoms with Crippen molar-refractivity contribution < 1.29 is 0 Å². The number of allylic oxidation sites excluding steroid dienone is 2. The number of rotatable bonds is 1. The van der Waals surface area contributed by atoms with E-state index in [9.17, 15) is 0 Å². The summed E-state index contributed by atoms with van der Waals surface area (Å²) in [5, 5.41) is 2.88. The molecule has 0 aromatic heterocycles. The van der Waals surface area contributed by atoms with Crippen LogP contribution in [0.1, 0.15) is 46.2 Å². The second kappa shape index (κ2) is 6.13. The number of hydrogen-bond donors (Lipinski definition) is 0. The van der Waals surface area contributed by atoms with Gasteiger partial charge in [0.1, 0.15) is 0 Å². The van der Waals surface area contributed by atoms with Gasteiger partial charge in [-0.15, -0.1) is 0 Å². The van der Waals surface area contributed by atoms with Crippen LogP contribution < -0.4 is 0 Å². The number of hydrogen-bond acceptors (Lipinski definition) is 0. The molecule has 0 bridgehead atoms. The molecule has 0 heterocycles. The molecule has 3 aromatic rings. The third kappa shape index (κ3) is 2.35. The summed E-state index contributed by atoms with van der Waals surface area (Å²) >= 11 is 0. The topological polar surface area (TPSA) is 0 Å². The third-order valence-electron chi connectivity index (χ3n) is 6.70. The van der Waals surface area contributed by atoms with Gasteiger partial charge in [0.15, 0.2) is 0 Å². The molecule has 0 saturated heterocycles. The maximum absolute atomic E-state index is 2.56. The molecular formula is C26H26.